The lowest BCUT2D eigenvalue weighted by Crippen LogP contribution is -2.66. The number of aliphatic hydroxyl groups excluding tert-OH is 1. The molecule has 0 aromatic rings. The lowest BCUT2D eigenvalue weighted by Gasteiger charge is -2.44. The van der Waals surface area contributed by atoms with E-state index in [4.69, 9.17) is 28.8 Å². The van der Waals surface area contributed by atoms with Crippen molar-refractivity contribution in [3.8, 4) is 0 Å². The maximum Gasteiger partial charge on any atom is 0.308 e. The molecule has 12 heteroatoms. The fourth-order valence-electron chi connectivity index (χ4n) is 4.20. The van der Waals surface area contributed by atoms with Crippen LogP contribution in [-0.2, 0) is 47.7 Å². The molecule has 1 unspecified atom stereocenters. The molecule has 5 atom stereocenters. The molecular formula is C26H43NO11. The van der Waals surface area contributed by atoms with E-state index in [2.05, 4.69) is 5.32 Å². The van der Waals surface area contributed by atoms with Crippen LogP contribution in [0.3, 0.4) is 0 Å². The summed E-state index contributed by atoms with van der Waals surface area (Å²) in [6.45, 7) is 4.56. The summed E-state index contributed by atoms with van der Waals surface area (Å²) in [5, 5.41) is 11.4. The molecule has 12 nitrogen and oxygen atoms in total. The quantitative estimate of drug-likeness (QED) is 0.156. The molecule has 0 aliphatic carbocycles. The summed E-state index contributed by atoms with van der Waals surface area (Å²) in [6.07, 6.45) is 3.76. The van der Waals surface area contributed by atoms with E-state index in [1.54, 1.807) is 0 Å². The minimum absolute atomic E-state index is 0.114. The molecule has 0 saturated carbocycles. The van der Waals surface area contributed by atoms with Crippen molar-refractivity contribution in [2.24, 2.45) is 0 Å². The number of hydrogen-bond acceptors (Lipinski definition) is 11. The summed E-state index contributed by atoms with van der Waals surface area (Å²) in [7, 11) is 0. The van der Waals surface area contributed by atoms with Gasteiger partial charge in [0.2, 0.25) is 12.2 Å². The van der Waals surface area contributed by atoms with E-state index < -0.39 is 60.4 Å². The van der Waals surface area contributed by atoms with Gasteiger partial charge >= 0.3 is 23.9 Å². The van der Waals surface area contributed by atoms with Gasteiger partial charge in [0, 0.05) is 40.7 Å². The molecule has 38 heavy (non-hydrogen) atoms. The first-order chi connectivity index (χ1) is 18.0. The highest BCUT2D eigenvalue weighted by Gasteiger charge is 2.52. The summed E-state index contributed by atoms with van der Waals surface area (Å²) in [5.41, 5.74) is 0. The van der Waals surface area contributed by atoms with Crippen LogP contribution >= 0.6 is 0 Å². The van der Waals surface area contributed by atoms with Crippen molar-refractivity contribution in [3.05, 3.63) is 0 Å². The fourth-order valence-corrected chi connectivity index (χ4v) is 4.20. The van der Waals surface area contributed by atoms with E-state index in [1.165, 1.54) is 13.8 Å². The molecule has 1 saturated heterocycles. The summed E-state index contributed by atoms with van der Waals surface area (Å²) >= 11 is 0. The molecule has 0 bridgehead atoms. The Hall–Kier alpha value is -2.73. The number of unbranched alkanes of at least 4 members (excludes halogenated alkanes) is 8. The first-order valence-electron chi connectivity index (χ1n) is 13.3. The molecule has 1 aliphatic rings. The van der Waals surface area contributed by atoms with Crippen LogP contribution in [0.25, 0.3) is 0 Å². The largest absolute Gasteiger partial charge is 0.463 e. The summed E-state index contributed by atoms with van der Waals surface area (Å²) < 4.78 is 27.1. The van der Waals surface area contributed by atoms with Gasteiger partial charge in [0.05, 0.1) is 0 Å². The maximum atomic E-state index is 12.6. The van der Waals surface area contributed by atoms with Gasteiger partial charge in [-0.2, -0.15) is 0 Å². The van der Waals surface area contributed by atoms with E-state index in [1.807, 2.05) is 0 Å². The van der Waals surface area contributed by atoms with Crippen molar-refractivity contribution in [1.29, 1.82) is 0 Å². The minimum atomic E-state index is -1.39. The topological polar surface area (TPSA) is 164 Å². The predicted molar refractivity (Wildman–Crippen MR) is 133 cm³/mol. The minimum Gasteiger partial charge on any atom is -0.463 e. The predicted octanol–water partition coefficient (Wildman–Crippen LogP) is 2.08. The number of rotatable bonds is 17. The van der Waals surface area contributed by atoms with Gasteiger partial charge < -0.3 is 34.1 Å². The van der Waals surface area contributed by atoms with Crippen LogP contribution in [-0.4, -0.2) is 78.7 Å². The summed E-state index contributed by atoms with van der Waals surface area (Å²) in [6, 6.07) is -1.18. The van der Waals surface area contributed by atoms with Gasteiger partial charge in [-0.3, -0.25) is 24.0 Å². The Morgan fingerprint density at radius 3 is 1.74 bits per heavy atom. The highest BCUT2D eigenvalue weighted by Crippen LogP contribution is 2.28. The number of nitrogens with one attached hydrogen (secondary N) is 1. The third kappa shape index (κ3) is 13.7. The summed E-state index contributed by atoms with van der Waals surface area (Å²) in [4.78, 5) is 59.6. The SMILES string of the molecule is CC(=O)N[C@H]1C(OC(=O)CCCCCCCCCCCO)O[C@H](COC(C)=O)[C@H](OC(C)=O)[C@@H]1OC(C)=O. The molecule has 0 aromatic heterocycles. The van der Waals surface area contributed by atoms with Crippen LogP contribution in [0.2, 0.25) is 0 Å². The molecule has 1 amide bonds. The fraction of sp³-hybridized carbons (Fsp3) is 0.808. The van der Waals surface area contributed by atoms with Crippen LogP contribution in [0, 0.1) is 0 Å². The van der Waals surface area contributed by atoms with Gasteiger partial charge in [-0.1, -0.05) is 44.9 Å². The van der Waals surface area contributed by atoms with Crippen molar-refractivity contribution < 1.29 is 52.8 Å². The van der Waals surface area contributed by atoms with Crippen LogP contribution in [0.4, 0.5) is 0 Å². The van der Waals surface area contributed by atoms with E-state index in [0.29, 0.717) is 6.42 Å². The normalized spacial score (nSPS) is 22.7. The molecule has 1 fully saturated rings. The van der Waals surface area contributed by atoms with Crippen molar-refractivity contribution in [3.63, 3.8) is 0 Å². The van der Waals surface area contributed by atoms with Crippen molar-refractivity contribution in [2.75, 3.05) is 13.2 Å². The maximum absolute atomic E-state index is 12.6. The molecule has 0 aromatic carbocycles. The Morgan fingerprint density at radius 1 is 0.711 bits per heavy atom. The number of esters is 4. The number of carbonyl (C=O) groups excluding carboxylic acids is 5. The zero-order chi connectivity index (χ0) is 28.5. The molecule has 1 rings (SSSR count). The number of aliphatic hydroxyl groups is 1. The van der Waals surface area contributed by atoms with Gasteiger partial charge in [-0.25, -0.2) is 0 Å². The van der Waals surface area contributed by atoms with Crippen LogP contribution in [0.1, 0.15) is 91.9 Å². The number of hydrogen-bond donors (Lipinski definition) is 2. The second-order valence-electron chi connectivity index (χ2n) is 9.37. The molecule has 0 radical (unpaired) electrons. The Morgan fingerprint density at radius 2 is 1.24 bits per heavy atom. The van der Waals surface area contributed by atoms with Crippen molar-refractivity contribution >= 4 is 29.8 Å². The highest BCUT2D eigenvalue weighted by atomic mass is 16.7. The Labute approximate surface area is 224 Å². The van der Waals surface area contributed by atoms with Gasteiger partial charge in [-0.05, 0) is 12.8 Å². The molecule has 0 spiro atoms. The van der Waals surface area contributed by atoms with E-state index >= 15 is 0 Å². The molecular weight excluding hydrogens is 502 g/mol. The Bertz CT molecular complexity index is 772. The monoisotopic (exact) mass is 545 g/mol. The van der Waals surface area contributed by atoms with Crippen molar-refractivity contribution in [2.45, 2.75) is 123 Å². The zero-order valence-corrected chi connectivity index (χ0v) is 22.9. The molecule has 218 valence electrons. The third-order valence-corrected chi connectivity index (χ3v) is 5.86. The molecule has 1 aliphatic heterocycles. The third-order valence-electron chi connectivity index (χ3n) is 5.86. The second kappa shape index (κ2) is 18.5. The van der Waals surface area contributed by atoms with Gasteiger partial charge in [0.25, 0.3) is 0 Å². The van der Waals surface area contributed by atoms with Gasteiger partial charge in [-0.15, -0.1) is 0 Å². The van der Waals surface area contributed by atoms with Crippen LogP contribution in [0.5, 0.6) is 0 Å². The van der Waals surface area contributed by atoms with E-state index in [-0.39, 0.29) is 19.6 Å². The lowest BCUT2D eigenvalue weighted by molar-refractivity contribution is -0.271. The van der Waals surface area contributed by atoms with Crippen LogP contribution in [0.15, 0.2) is 0 Å². The van der Waals surface area contributed by atoms with Gasteiger partial charge in [0.15, 0.2) is 12.2 Å². The summed E-state index contributed by atoms with van der Waals surface area (Å²) in [5.74, 6) is -3.16. The first kappa shape index (κ1) is 33.3. The van der Waals surface area contributed by atoms with E-state index in [9.17, 15) is 24.0 Å². The van der Waals surface area contributed by atoms with E-state index in [0.717, 1.165) is 65.2 Å². The molecule has 2 N–H and O–H groups in total. The number of ether oxygens (including phenoxy) is 5. The molecule has 1 heterocycles. The smallest absolute Gasteiger partial charge is 0.308 e. The number of amides is 1. The Balaban J connectivity index is 2.81. The van der Waals surface area contributed by atoms with Crippen LogP contribution < -0.4 is 5.32 Å². The average molecular weight is 546 g/mol. The lowest BCUT2D eigenvalue weighted by atomic mass is 9.96. The Kier molecular flexibility index (Phi) is 16.2. The zero-order valence-electron chi connectivity index (χ0n) is 22.9. The number of carbonyl (C=O) groups is 5. The van der Waals surface area contributed by atoms with Gasteiger partial charge in [0.1, 0.15) is 18.8 Å². The highest BCUT2D eigenvalue weighted by molar-refractivity contribution is 5.74. The standard InChI is InChI=1S/C26H43NO11/c1-17(29)27-23-25(36-20(4)32)24(35-19(3)31)21(16-34-18(2)30)37-26(23)38-22(33)14-12-10-8-6-5-7-9-11-13-15-28/h21,23-26,28H,5-16H2,1-4H3,(H,27,29)/t21-,23-,24+,25-,26?/m1/s1. The second-order valence-corrected chi connectivity index (χ2v) is 9.37. The average Bonchev–Trinajstić information content (AvgIpc) is 2.82. The van der Waals surface area contributed by atoms with Crippen molar-refractivity contribution in [1.82, 2.24) is 5.32 Å². The first-order valence-corrected chi connectivity index (χ1v) is 13.3.